The zero-order chi connectivity index (χ0) is 8.81. The van der Waals surface area contributed by atoms with Crippen molar-refractivity contribution in [2.24, 2.45) is 0 Å². The fraction of sp³-hybridized carbons (Fsp3) is 0.400. The Bertz CT molecular complexity index is 218. The maximum Gasteiger partial charge on any atom is 0.118 e. The molecule has 0 aliphatic rings. The molecule has 0 aliphatic heterocycles. The lowest BCUT2D eigenvalue weighted by Gasteiger charge is -2.00. The first kappa shape index (κ1) is 6.71. The lowest BCUT2D eigenvalue weighted by atomic mass is 10.1. The summed E-state index contributed by atoms with van der Waals surface area (Å²) in [6.45, 7) is 0.506. The van der Waals surface area contributed by atoms with Crippen LogP contribution >= 0.6 is 0 Å². The predicted molar refractivity (Wildman–Crippen MR) is 47.0 cm³/mol. The molecule has 0 radical (unpaired) electrons. The van der Waals surface area contributed by atoms with Gasteiger partial charge in [-0.25, -0.2) is 0 Å². The van der Waals surface area contributed by atoms with Crippen molar-refractivity contribution in [1.29, 1.82) is 0 Å². The van der Waals surface area contributed by atoms with E-state index in [1.807, 2.05) is 12.1 Å². The van der Waals surface area contributed by atoms with E-state index in [1.54, 1.807) is 7.11 Å². The van der Waals surface area contributed by atoms with Crippen LogP contribution in [0.15, 0.2) is 24.3 Å². The molecule has 0 aliphatic carbocycles. The van der Waals surface area contributed by atoms with E-state index in [2.05, 4.69) is 12.1 Å². The smallest absolute Gasteiger partial charge is 0.118 e. The summed E-state index contributed by atoms with van der Waals surface area (Å²) in [5, 5.41) is 0. The molecule has 0 atom stereocenters. The average Bonchev–Trinajstić information content (AvgIpc) is 2.15. The van der Waals surface area contributed by atoms with Crippen molar-refractivity contribution in [3.8, 4) is 5.75 Å². The number of hydrogen-bond acceptors (Lipinski definition) is 1. The molecule has 11 heavy (non-hydrogen) atoms. The van der Waals surface area contributed by atoms with Crippen molar-refractivity contribution in [2.45, 2.75) is 19.7 Å². The molecule has 0 amide bonds. The topological polar surface area (TPSA) is 9.23 Å². The first-order chi connectivity index (χ1) is 5.86. The summed E-state index contributed by atoms with van der Waals surface area (Å²) >= 11 is 0. The Labute approximate surface area is 69.4 Å². The normalized spacial score (nSPS) is 10.8. The average molecular weight is 151 g/mol. The number of hydrogen-bond donors (Lipinski definition) is 0. The summed E-state index contributed by atoms with van der Waals surface area (Å²) < 4.78 is 12.0. The summed E-state index contributed by atoms with van der Waals surface area (Å²) in [6.07, 6.45) is 1.93. The van der Waals surface area contributed by atoms with E-state index < -0.39 is 0 Å². The molecular weight excluding hydrogens is 136 g/mol. The van der Waals surface area contributed by atoms with Gasteiger partial charge >= 0.3 is 0 Å². The molecule has 0 heterocycles. The highest BCUT2D eigenvalue weighted by atomic mass is 16.5. The van der Waals surface area contributed by atoms with E-state index in [1.165, 1.54) is 5.56 Å². The number of methoxy groups -OCH3 is 1. The third-order valence-electron chi connectivity index (χ3n) is 1.62. The van der Waals surface area contributed by atoms with E-state index in [0.717, 1.165) is 18.6 Å². The zero-order valence-corrected chi connectivity index (χ0v) is 6.84. The van der Waals surface area contributed by atoms with Crippen LogP contribution in [0.1, 0.15) is 20.3 Å². The Hall–Kier alpha value is -0.980. The minimum absolute atomic E-state index is 0.506. The fourth-order valence-electron chi connectivity index (χ4n) is 0.996. The van der Waals surface area contributed by atoms with Crippen molar-refractivity contribution in [2.75, 3.05) is 7.11 Å². The van der Waals surface area contributed by atoms with Gasteiger partial charge in [-0.05, 0) is 24.1 Å². The van der Waals surface area contributed by atoms with Gasteiger partial charge in [0.25, 0.3) is 0 Å². The van der Waals surface area contributed by atoms with Crippen molar-refractivity contribution in [3.63, 3.8) is 0 Å². The van der Waals surface area contributed by atoms with Crippen LogP contribution in [0.5, 0.6) is 5.75 Å². The van der Waals surface area contributed by atoms with Crippen molar-refractivity contribution >= 4 is 0 Å². The quantitative estimate of drug-likeness (QED) is 0.645. The van der Waals surface area contributed by atoms with E-state index in [-0.39, 0.29) is 0 Å². The van der Waals surface area contributed by atoms with E-state index in [4.69, 9.17) is 6.11 Å². The summed E-state index contributed by atoms with van der Waals surface area (Å²) in [6, 6.07) is 8.02. The van der Waals surface area contributed by atoms with Crippen molar-refractivity contribution < 1.29 is 6.11 Å². The first-order valence-electron chi connectivity index (χ1n) is 4.49. The van der Waals surface area contributed by atoms with Gasteiger partial charge in [0.15, 0.2) is 0 Å². The molecule has 1 aromatic rings. The number of benzene rings is 1. The van der Waals surface area contributed by atoms with Gasteiger partial charge in [-0.15, -0.1) is 0 Å². The molecule has 0 N–H and O–H groups in total. The lowest BCUT2D eigenvalue weighted by molar-refractivity contribution is 0.414. The Morgan fingerprint density at radius 2 is 2.09 bits per heavy atom. The molecule has 1 rings (SSSR count). The van der Waals surface area contributed by atoms with Crippen molar-refractivity contribution in [1.82, 2.24) is 0 Å². The van der Waals surface area contributed by atoms with Crippen LogP contribution in [0.4, 0.5) is 0 Å². The molecule has 0 saturated carbocycles. The zero-order valence-electron chi connectivity index (χ0n) is 7.84. The fourth-order valence-corrected chi connectivity index (χ4v) is 0.996. The Kier molecular flexibility index (Phi) is 2.45. The third kappa shape index (κ3) is 2.26. The van der Waals surface area contributed by atoms with Crippen LogP contribution < -0.4 is 4.74 Å². The summed E-state index contributed by atoms with van der Waals surface area (Å²) in [7, 11) is 1.67. The Balaban J connectivity index is 2.53. The van der Waals surface area contributed by atoms with Gasteiger partial charge in [-0.3, -0.25) is 0 Å². The Morgan fingerprint density at radius 1 is 1.36 bits per heavy atom. The summed E-state index contributed by atoms with van der Waals surface area (Å²) in [5.41, 5.74) is 1.28. The molecule has 0 fully saturated rings. The highest BCUT2D eigenvalue weighted by molar-refractivity contribution is 5.27. The molecule has 0 aromatic heterocycles. The lowest BCUT2D eigenvalue weighted by Crippen LogP contribution is -1.84. The maximum atomic E-state index is 7.01. The second-order valence-corrected chi connectivity index (χ2v) is 2.45. The molecule has 60 valence electrons. The number of ether oxygens (including phenoxy) is 1. The maximum absolute atomic E-state index is 7.01. The molecule has 0 unspecified atom stereocenters. The highest BCUT2D eigenvalue weighted by Gasteiger charge is 1.91. The van der Waals surface area contributed by atoms with Crippen LogP contribution in [0.3, 0.4) is 0 Å². The van der Waals surface area contributed by atoms with Gasteiger partial charge in [-0.2, -0.15) is 0 Å². The molecule has 1 nitrogen and oxygen atoms in total. The second kappa shape index (κ2) is 4.02. The summed E-state index contributed by atoms with van der Waals surface area (Å²) in [4.78, 5) is 0. The first-order valence-corrected chi connectivity index (χ1v) is 3.79. The van der Waals surface area contributed by atoms with Crippen LogP contribution in [-0.4, -0.2) is 7.11 Å². The second-order valence-electron chi connectivity index (χ2n) is 2.45. The Morgan fingerprint density at radius 3 is 2.64 bits per heavy atom. The molecule has 1 heteroatoms. The van der Waals surface area contributed by atoms with Crippen LogP contribution in [0, 0.1) is 0 Å². The van der Waals surface area contributed by atoms with E-state index in [9.17, 15) is 0 Å². The van der Waals surface area contributed by atoms with Crippen LogP contribution in [0.2, 0.25) is 0 Å². The van der Waals surface area contributed by atoms with Crippen LogP contribution in [0.25, 0.3) is 0 Å². The van der Waals surface area contributed by atoms with E-state index >= 15 is 0 Å². The SMILES string of the molecule is [2H]CCCc1ccc(OC)cc1. The van der Waals surface area contributed by atoms with Gasteiger partial charge in [0.05, 0.1) is 7.11 Å². The van der Waals surface area contributed by atoms with Gasteiger partial charge < -0.3 is 4.74 Å². The minimum atomic E-state index is 0.506. The molecule has 1 aromatic carbocycles. The van der Waals surface area contributed by atoms with Gasteiger partial charge in [-0.1, -0.05) is 25.5 Å². The van der Waals surface area contributed by atoms with Crippen molar-refractivity contribution in [3.05, 3.63) is 29.8 Å². The van der Waals surface area contributed by atoms with E-state index in [0.29, 0.717) is 6.90 Å². The molecule has 0 spiro atoms. The van der Waals surface area contributed by atoms with Gasteiger partial charge in [0, 0.05) is 1.37 Å². The summed E-state index contributed by atoms with van der Waals surface area (Å²) in [5.74, 6) is 0.893. The molecule has 0 bridgehead atoms. The third-order valence-corrected chi connectivity index (χ3v) is 1.62. The van der Waals surface area contributed by atoms with Gasteiger partial charge in [0.2, 0.25) is 0 Å². The highest BCUT2D eigenvalue weighted by Crippen LogP contribution is 2.11. The predicted octanol–water partition coefficient (Wildman–Crippen LogP) is 2.65. The largest absolute Gasteiger partial charge is 0.497 e. The number of aryl methyl sites for hydroxylation is 1. The van der Waals surface area contributed by atoms with Crippen LogP contribution in [-0.2, 0) is 6.42 Å². The number of rotatable bonds is 3. The monoisotopic (exact) mass is 151 g/mol. The molecule has 0 saturated heterocycles. The van der Waals surface area contributed by atoms with Gasteiger partial charge in [0.1, 0.15) is 5.75 Å². The standard InChI is InChI=1S/C10H14O/c1-3-4-9-5-7-10(11-2)8-6-9/h5-8H,3-4H2,1-2H3/i1D. The molecular formula is C10H14O. The minimum Gasteiger partial charge on any atom is -0.497 e.